The Morgan fingerprint density at radius 1 is 1.11 bits per heavy atom. The average Bonchev–Trinajstić information content (AvgIpc) is 3.09. The molecule has 5 heteroatoms. The minimum Gasteiger partial charge on any atom is -0.312 e. The normalized spacial score (nSPS) is 18.3. The molecule has 3 rings (SSSR count). The Morgan fingerprint density at radius 3 is 2.44 bits per heavy atom. The van der Waals surface area contributed by atoms with Crippen LogP contribution in [0.5, 0.6) is 0 Å². The molecule has 0 radical (unpaired) electrons. The Labute approximate surface area is 163 Å². The van der Waals surface area contributed by atoms with Gasteiger partial charge >= 0.3 is 0 Å². The number of hydrogen-bond donors (Lipinski definition) is 1. The standard InChI is InChI=1S/C22H30N2O2S/c1-17(2)15-23-16-19-10-12-20(13-11-19)21-8-4-5-9-22(21)27(25,26)24-14-6-7-18(24)3/h4-5,8-13,17-18,23H,6-7,14-16H2,1-3H3/t18-/m1/s1. The highest BCUT2D eigenvalue weighted by Gasteiger charge is 2.33. The highest BCUT2D eigenvalue weighted by Crippen LogP contribution is 2.32. The SMILES string of the molecule is CC(C)CNCc1ccc(-c2ccccc2S(=O)(=O)N2CCC[C@H]2C)cc1. The zero-order chi connectivity index (χ0) is 19.4. The summed E-state index contributed by atoms with van der Waals surface area (Å²) >= 11 is 0. The van der Waals surface area contributed by atoms with E-state index in [2.05, 4.69) is 31.3 Å². The first kappa shape index (κ1) is 20.1. The molecule has 0 unspecified atom stereocenters. The summed E-state index contributed by atoms with van der Waals surface area (Å²) in [5.74, 6) is 0.620. The summed E-state index contributed by atoms with van der Waals surface area (Å²) in [5, 5.41) is 3.44. The molecular formula is C22H30N2O2S. The third kappa shape index (κ3) is 4.60. The number of sulfonamides is 1. The lowest BCUT2D eigenvalue weighted by atomic mass is 10.0. The molecule has 146 valence electrons. The van der Waals surface area contributed by atoms with E-state index in [0.29, 0.717) is 17.4 Å². The molecule has 0 amide bonds. The van der Waals surface area contributed by atoms with E-state index in [1.165, 1.54) is 5.56 Å². The molecule has 1 saturated heterocycles. The van der Waals surface area contributed by atoms with Crippen molar-refractivity contribution in [2.75, 3.05) is 13.1 Å². The van der Waals surface area contributed by atoms with E-state index < -0.39 is 10.0 Å². The van der Waals surface area contributed by atoms with Crippen LogP contribution in [0.2, 0.25) is 0 Å². The van der Waals surface area contributed by atoms with Gasteiger partial charge in [0.1, 0.15) is 0 Å². The first-order valence-corrected chi connectivity index (χ1v) is 11.2. The van der Waals surface area contributed by atoms with Crippen LogP contribution >= 0.6 is 0 Å². The molecule has 0 aromatic heterocycles. The Bertz CT molecular complexity index is 860. The van der Waals surface area contributed by atoms with Gasteiger partial charge in [-0.1, -0.05) is 56.3 Å². The van der Waals surface area contributed by atoms with Crippen LogP contribution in [0.3, 0.4) is 0 Å². The lowest BCUT2D eigenvalue weighted by Gasteiger charge is -2.22. The molecule has 1 N–H and O–H groups in total. The van der Waals surface area contributed by atoms with Crippen molar-refractivity contribution in [2.45, 2.75) is 51.1 Å². The van der Waals surface area contributed by atoms with E-state index in [-0.39, 0.29) is 6.04 Å². The summed E-state index contributed by atoms with van der Waals surface area (Å²) < 4.78 is 28.1. The number of rotatable bonds is 7. The number of hydrogen-bond acceptors (Lipinski definition) is 3. The van der Waals surface area contributed by atoms with Crippen molar-refractivity contribution in [2.24, 2.45) is 5.92 Å². The molecule has 1 fully saturated rings. The van der Waals surface area contributed by atoms with Gasteiger partial charge in [-0.3, -0.25) is 0 Å². The fourth-order valence-electron chi connectivity index (χ4n) is 3.63. The minimum absolute atomic E-state index is 0.0671. The van der Waals surface area contributed by atoms with Crippen LogP contribution in [0.25, 0.3) is 11.1 Å². The molecule has 0 saturated carbocycles. The van der Waals surface area contributed by atoms with Crippen LogP contribution in [0, 0.1) is 5.92 Å². The Hall–Kier alpha value is -1.69. The van der Waals surface area contributed by atoms with Crippen molar-refractivity contribution in [3.8, 4) is 11.1 Å². The summed E-state index contributed by atoms with van der Waals surface area (Å²) in [5.41, 5.74) is 2.92. The fraction of sp³-hybridized carbons (Fsp3) is 0.455. The zero-order valence-corrected chi connectivity index (χ0v) is 17.3. The highest BCUT2D eigenvalue weighted by atomic mass is 32.2. The topological polar surface area (TPSA) is 49.4 Å². The maximum atomic E-state index is 13.2. The maximum absolute atomic E-state index is 13.2. The van der Waals surface area contributed by atoms with E-state index in [0.717, 1.165) is 37.1 Å². The summed E-state index contributed by atoms with van der Waals surface area (Å²) in [6.45, 7) is 8.79. The molecule has 27 heavy (non-hydrogen) atoms. The van der Waals surface area contributed by atoms with Gasteiger partial charge in [0.15, 0.2) is 0 Å². The lowest BCUT2D eigenvalue weighted by molar-refractivity contribution is 0.408. The van der Waals surface area contributed by atoms with Gasteiger partial charge in [0.25, 0.3) is 0 Å². The molecule has 1 aliphatic heterocycles. The maximum Gasteiger partial charge on any atom is 0.243 e. The molecule has 0 spiro atoms. The van der Waals surface area contributed by atoms with Gasteiger partial charge in [-0.05, 0) is 49.4 Å². The van der Waals surface area contributed by atoms with E-state index >= 15 is 0 Å². The van der Waals surface area contributed by atoms with Gasteiger partial charge < -0.3 is 5.32 Å². The van der Waals surface area contributed by atoms with Crippen molar-refractivity contribution < 1.29 is 8.42 Å². The molecule has 4 nitrogen and oxygen atoms in total. The molecule has 1 heterocycles. The van der Waals surface area contributed by atoms with Crippen LogP contribution in [-0.4, -0.2) is 31.9 Å². The van der Waals surface area contributed by atoms with Gasteiger partial charge in [0, 0.05) is 24.7 Å². The number of nitrogens with zero attached hydrogens (tertiary/aromatic N) is 1. The summed E-state index contributed by atoms with van der Waals surface area (Å²) in [4.78, 5) is 0.407. The van der Waals surface area contributed by atoms with E-state index in [4.69, 9.17) is 0 Å². The molecule has 1 atom stereocenters. The third-order valence-electron chi connectivity index (χ3n) is 5.11. The van der Waals surface area contributed by atoms with Crippen molar-refractivity contribution >= 4 is 10.0 Å². The molecular weight excluding hydrogens is 356 g/mol. The van der Waals surface area contributed by atoms with Crippen LogP contribution < -0.4 is 5.32 Å². The van der Waals surface area contributed by atoms with Gasteiger partial charge in [-0.15, -0.1) is 0 Å². The Morgan fingerprint density at radius 2 is 1.81 bits per heavy atom. The molecule has 2 aromatic carbocycles. The van der Waals surface area contributed by atoms with Crippen LogP contribution in [0.15, 0.2) is 53.4 Å². The van der Waals surface area contributed by atoms with Gasteiger partial charge in [-0.2, -0.15) is 4.31 Å². The second kappa shape index (κ2) is 8.55. The summed E-state index contributed by atoms with van der Waals surface area (Å²) in [6.07, 6.45) is 1.86. The first-order valence-electron chi connectivity index (χ1n) is 9.80. The van der Waals surface area contributed by atoms with Crippen molar-refractivity contribution in [1.82, 2.24) is 9.62 Å². The largest absolute Gasteiger partial charge is 0.312 e. The average molecular weight is 387 g/mol. The monoisotopic (exact) mass is 386 g/mol. The Balaban J connectivity index is 1.86. The second-order valence-corrected chi connectivity index (χ2v) is 9.68. The molecule has 2 aromatic rings. The zero-order valence-electron chi connectivity index (χ0n) is 16.5. The van der Waals surface area contributed by atoms with Crippen molar-refractivity contribution in [1.29, 1.82) is 0 Å². The van der Waals surface area contributed by atoms with Gasteiger partial charge in [0.2, 0.25) is 10.0 Å². The Kier molecular flexibility index (Phi) is 6.35. The molecule has 0 aliphatic carbocycles. The summed E-state index contributed by atoms with van der Waals surface area (Å²) in [7, 11) is -3.48. The first-order chi connectivity index (χ1) is 12.9. The van der Waals surface area contributed by atoms with Crippen LogP contribution in [0.1, 0.15) is 39.2 Å². The van der Waals surface area contributed by atoms with Gasteiger partial charge in [-0.25, -0.2) is 8.42 Å². The van der Waals surface area contributed by atoms with Crippen LogP contribution in [-0.2, 0) is 16.6 Å². The van der Waals surface area contributed by atoms with Crippen molar-refractivity contribution in [3.05, 3.63) is 54.1 Å². The second-order valence-electron chi connectivity index (χ2n) is 7.82. The van der Waals surface area contributed by atoms with E-state index in [1.54, 1.807) is 16.4 Å². The quantitative estimate of drug-likeness (QED) is 0.773. The van der Waals surface area contributed by atoms with E-state index in [1.807, 2.05) is 31.2 Å². The van der Waals surface area contributed by atoms with Crippen molar-refractivity contribution in [3.63, 3.8) is 0 Å². The molecule has 0 bridgehead atoms. The fourth-order valence-corrected chi connectivity index (χ4v) is 5.54. The predicted molar refractivity (Wildman–Crippen MR) is 111 cm³/mol. The molecule has 1 aliphatic rings. The minimum atomic E-state index is -3.48. The smallest absolute Gasteiger partial charge is 0.243 e. The third-order valence-corrected chi connectivity index (χ3v) is 7.18. The van der Waals surface area contributed by atoms with Gasteiger partial charge in [0.05, 0.1) is 4.90 Å². The van der Waals surface area contributed by atoms with Crippen LogP contribution in [0.4, 0.5) is 0 Å². The predicted octanol–water partition coefficient (Wildman–Crippen LogP) is 4.27. The lowest BCUT2D eigenvalue weighted by Crippen LogP contribution is -2.33. The number of nitrogens with one attached hydrogen (secondary N) is 1. The summed E-state index contributed by atoms with van der Waals surface area (Å²) in [6, 6.07) is 15.6. The van der Waals surface area contributed by atoms with E-state index in [9.17, 15) is 8.42 Å². The number of benzene rings is 2. The highest BCUT2D eigenvalue weighted by molar-refractivity contribution is 7.89.